The highest BCUT2D eigenvalue weighted by atomic mass is 16.5. The number of carboxylic acid groups (broad SMARTS) is 1. The maximum atomic E-state index is 13.9. The number of amides is 1. The smallest absolute Gasteiger partial charge is 0.341 e. The van der Waals surface area contributed by atoms with Crippen LogP contribution in [0.5, 0.6) is 0 Å². The summed E-state index contributed by atoms with van der Waals surface area (Å²) >= 11 is 0. The topological polar surface area (TPSA) is 97.8 Å². The highest BCUT2D eigenvalue weighted by Crippen LogP contribution is 2.34. The summed E-state index contributed by atoms with van der Waals surface area (Å²) in [6.07, 6.45) is 8.20. The number of nitrogens with zero attached hydrogens (tertiary/aromatic N) is 3. The quantitative estimate of drug-likeness (QED) is 0.315. The molecule has 39 heavy (non-hydrogen) atoms. The van der Waals surface area contributed by atoms with Crippen LogP contribution in [-0.4, -0.2) is 46.0 Å². The third-order valence-electron chi connectivity index (χ3n) is 8.23. The van der Waals surface area contributed by atoms with Gasteiger partial charge >= 0.3 is 5.97 Å². The minimum absolute atomic E-state index is 0.00784. The molecule has 3 heterocycles. The van der Waals surface area contributed by atoms with Crippen LogP contribution >= 0.6 is 0 Å². The number of carboxylic acids is 1. The van der Waals surface area contributed by atoms with Crippen molar-refractivity contribution in [2.45, 2.75) is 51.5 Å². The lowest BCUT2D eigenvalue weighted by molar-refractivity contribution is -0.124. The van der Waals surface area contributed by atoms with Crippen molar-refractivity contribution in [2.24, 2.45) is 11.8 Å². The van der Waals surface area contributed by atoms with E-state index in [-0.39, 0.29) is 29.2 Å². The molecule has 1 saturated heterocycles. The number of rotatable bonds is 6. The average Bonchev–Trinajstić information content (AvgIpc) is 3.62. The summed E-state index contributed by atoms with van der Waals surface area (Å²) in [5.41, 5.74) is 3.68. The minimum Gasteiger partial charge on any atom is -0.477 e. The number of ether oxygens (including phenoxy) is 1. The molecule has 0 bridgehead atoms. The van der Waals surface area contributed by atoms with Gasteiger partial charge in [0, 0.05) is 36.8 Å². The number of fused-ring (bicyclic) bond motifs is 1. The molecule has 0 atom stereocenters. The molecule has 1 amide bonds. The lowest BCUT2D eigenvalue weighted by Crippen LogP contribution is -2.47. The average molecular weight is 528 g/mol. The Kier molecular flexibility index (Phi) is 6.95. The largest absolute Gasteiger partial charge is 0.477 e. The zero-order chi connectivity index (χ0) is 26.9. The van der Waals surface area contributed by atoms with Gasteiger partial charge in [-0.25, -0.2) is 9.48 Å². The Balaban J connectivity index is 1.33. The van der Waals surface area contributed by atoms with Crippen LogP contribution in [0, 0.1) is 11.8 Å². The number of benzene rings is 2. The fraction of sp³-hybridized carbons (Fsp3) is 0.387. The lowest BCUT2D eigenvalue weighted by atomic mass is 9.82. The SMILES string of the molecule is C[C@H]1CC[C@H](C(=O)N(c2nn(-c3ccc(-c4ccc5occc5c4)cc3)cc2C(=O)O)C2CCOCC2)CC1. The van der Waals surface area contributed by atoms with Crippen LogP contribution in [0.15, 0.2) is 65.4 Å². The molecule has 1 aliphatic heterocycles. The summed E-state index contributed by atoms with van der Waals surface area (Å²) in [5.74, 6) is -0.367. The van der Waals surface area contributed by atoms with Gasteiger partial charge in [-0.1, -0.05) is 25.1 Å². The number of furan rings is 1. The van der Waals surface area contributed by atoms with E-state index in [9.17, 15) is 14.7 Å². The Bertz CT molecular complexity index is 1470. The van der Waals surface area contributed by atoms with Crippen molar-refractivity contribution in [3.63, 3.8) is 0 Å². The number of anilines is 1. The van der Waals surface area contributed by atoms with E-state index in [0.29, 0.717) is 32.0 Å². The predicted molar refractivity (Wildman–Crippen MR) is 148 cm³/mol. The first-order valence-corrected chi connectivity index (χ1v) is 13.8. The molecule has 1 saturated carbocycles. The molecule has 2 aromatic carbocycles. The molecule has 6 rings (SSSR count). The Morgan fingerprint density at radius 1 is 0.949 bits per heavy atom. The van der Waals surface area contributed by atoms with E-state index in [4.69, 9.17) is 14.3 Å². The van der Waals surface area contributed by atoms with Crippen molar-refractivity contribution in [1.29, 1.82) is 0 Å². The van der Waals surface area contributed by atoms with Crippen LogP contribution in [0.2, 0.25) is 0 Å². The number of hydrogen-bond acceptors (Lipinski definition) is 5. The molecule has 0 unspecified atom stereocenters. The number of hydrogen-bond donors (Lipinski definition) is 1. The van der Waals surface area contributed by atoms with Crippen LogP contribution in [-0.2, 0) is 9.53 Å². The molecular formula is C31H33N3O5. The highest BCUT2D eigenvalue weighted by molar-refractivity contribution is 6.02. The van der Waals surface area contributed by atoms with Crippen molar-refractivity contribution >= 4 is 28.7 Å². The fourth-order valence-corrected chi connectivity index (χ4v) is 5.88. The van der Waals surface area contributed by atoms with Gasteiger partial charge in [-0.3, -0.25) is 9.69 Å². The van der Waals surface area contributed by atoms with Gasteiger partial charge in [-0.2, -0.15) is 0 Å². The van der Waals surface area contributed by atoms with Crippen LogP contribution in [0.25, 0.3) is 27.8 Å². The normalized spacial score (nSPS) is 20.2. The van der Waals surface area contributed by atoms with Crippen molar-refractivity contribution < 1.29 is 23.8 Å². The molecular weight excluding hydrogens is 494 g/mol. The molecule has 1 N–H and O–H groups in total. The van der Waals surface area contributed by atoms with E-state index < -0.39 is 5.97 Å². The maximum Gasteiger partial charge on any atom is 0.341 e. The van der Waals surface area contributed by atoms with E-state index in [1.54, 1.807) is 15.8 Å². The lowest BCUT2D eigenvalue weighted by Gasteiger charge is -2.37. The van der Waals surface area contributed by atoms with Gasteiger partial charge in [-0.15, -0.1) is 5.10 Å². The molecule has 4 aromatic rings. The van der Waals surface area contributed by atoms with Crippen molar-refractivity contribution in [2.75, 3.05) is 18.1 Å². The predicted octanol–water partition coefficient (Wildman–Crippen LogP) is 6.32. The van der Waals surface area contributed by atoms with E-state index in [1.807, 2.05) is 42.5 Å². The second-order valence-electron chi connectivity index (χ2n) is 10.8. The first-order valence-electron chi connectivity index (χ1n) is 13.8. The summed E-state index contributed by atoms with van der Waals surface area (Å²) in [6.45, 7) is 3.32. The van der Waals surface area contributed by atoms with E-state index >= 15 is 0 Å². The first kappa shape index (κ1) is 25.4. The third-order valence-corrected chi connectivity index (χ3v) is 8.23. The Morgan fingerprint density at radius 3 is 2.38 bits per heavy atom. The van der Waals surface area contributed by atoms with Gasteiger partial charge in [-0.05, 0) is 85.9 Å². The maximum absolute atomic E-state index is 13.9. The van der Waals surface area contributed by atoms with Crippen molar-refractivity contribution in [3.8, 4) is 16.8 Å². The van der Waals surface area contributed by atoms with Crippen LogP contribution in [0.1, 0.15) is 55.8 Å². The van der Waals surface area contributed by atoms with E-state index in [0.717, 1.165) is 53.5 Å². The molecule has 8 nitrogen and oxygen atoms in total. The molecule has 8 heteroatoms. The molecule has 1 aliphatic carbocycles. The van der Waals surface area contributed by atoms with Crippen LogP contribution < -0.4 is 4.90 Å². The Hall–Kier alpha value is -3.91. The van der Waals surface area contributed by atoms with Crippen LogP contribution in [0.4, 0.5) is 5.82 Å². The van der Waals surface area contributed by atoms with Crippen LogP contribution in [0.3, 0.4) is 0 Å². The zero-order valence-electron chi connectivity index (χ0n) is 22.1. The minimum atomic E-state index is -1.09. The molecule has 2 fully saturated rings. The Labute approximate surface area is 227 Å². The summed E-state index contributed by atoms with van der Waals surface area (Å²) in [5, 5.41) is 15.9. The number of aromatic carboxylic acids is 1. The van der Waals surface area contributed by atoms with Gasteiger partial charge in [0.1, 0.15) is 11.1 Å². The van der Waals surface area contributed by atoms with E-state index in [2.05, 4.69) is 13.0 Å². The number of carbonyl (C=O) groups is 2. The molecule has 0 spiro atoms. The standard InChI is InChI=1S/C31H33N3O5/c1-20-2-4-22(5-3-20)30(35)34(26-13-15-38-16-14-26)29-27(31(36)37)19-33(32-29)25-9-6-21(7-10-25)23-8-11-28-24(18-23)12-17-39-28/h6-12,17-20,22,26H,2-5,13-16H2,1H3,(H,36,37)/t20-,22-. The fourth-order valence-electron chi connectivity index (χ4n) is 5.88. The summed E-state index contributed by atoms with van der Waals surface area (Å²) in [4.78, 5) is 28.0. The van der Waals surface area contributed by atoms with Gasteiger partial charge in [0.2, 0.25) is 5.91 Å². The van der Waals surface area contributed by atoms with Crippen molar-refractivity contribution in [3.05, 3.63) is 66.6 Å². The highest BCUT2D eigenvalue weighted by Gasteiger charge is 2.37. The monoisotopic (exact) mass is 527 g/mol. The number of carbonyl (C=O) groups excluding carboxylic acids is 1. The van der Waals surface area contributed by atoms with Gasteiger partial charge < -0.3 is 14.3 Å². The summed E-state index contributed by atoms with van der Waals surface area (Å²) in [7, 11) is 0. The number of aromatic nitrogens is 2. The second-order valence-corrected chi connectivity index (χ2v) is 10.8. The van der Waals surface area contributed by atoms with Gasteiger partial charge in [0.25, 0.3) is 0 Å². The van der Waals surface area contributed by atoms with Gasteiger partial charge in [0.15, 0.2) is 5.82 Å². The molecule has 2 aromatic heterocycles. The molecule has 2 aliphatic rings. The molecule has 0 radical (unpaired) electrons. The van der Waals surface area contributed by atoms with Gasteiger partial charge in [0.05, 0.1) is 12.0 Å². The van der Waals surface area contributed by atoms with Crippen molar-refractivity contribution in [1.82, 2.24) is 9.78 Å². The summed E-state index contributed by atoms with van der Waals surface area (Å²) < 4.78 is 12.6. The Morgan fingerprint density at radius 2 is 1.67 bits per heavy atom. The first-order chi connectivity index (χ1) is 19.0. The third kappa shape index (κ3) is 5.08. The summed E-state index contributed by atoms with van der Waals surface area (Å²) in [6, 6.07) is 15.7. The van der Waals surface area contributed by atoms with E-state index in [1.165, 1.54) is 6.20 Å². The zero-order valence-corrected chi connectivity index (χ0v) is 22.1. The molecule has 202 valence electrons. The second kappa shape index (κ2) is 10.7.